The average Bonchev–Trinajstić information content (AvgIpc) is 2.67. The Morgan fingerprint density at radius 3 is 2.67 bits per heavy atom. The van der Waals surface area contributed by atoms with Crippen LogP contribution < -0.4 is 14.8 Å². The summed E-state index contributed by atoms with van der Waals surface area (Å²) in [5, 5.41) is 2.83. The Hall–Kier alpha value is -3.09. The first kappa shape index (κ1) is 18.7. The molecule has 0 bridgehead atoms. The lowest BCUT2D eigenvalue weighted by Crippen LogP contribution is -2.45. The van der Waals surface area contributed by atoms with Crippen molar-refractivity contribution < 1.29 is 28.2 Å². The van der Waals surface area contributed by atoms with Gasteiger partial charge >= 0.3 is 5.97 Å². The van der Waals surface area contributed by atoms with Crippen LogP contribution in [0.4, 0.5) is 4.39 Å². The van der Waals surface area contributed by atoms with Crippen molar-refractivity contribution in [2.45, 2.75) is 18.9 Å². The Kier molecular flexibility index (Phi) is 5.30. The highest BCUT2D eigenvalue weighted by atomic mass is 19.1. The van der Waals surface area contributed by atoms with E-state index in [-0.39, 0.29) is 12.0 Å². The third-order valence-corrected chi connectivity index (χ3v) is 4.39. The summed E-state index contributed by atoms with van der Waals surface area (Å²) in [6.07, 6.45) is -0.162. The van der Waals surface area contributed by atoms with E-state index < -0.39 is 23.2 Å². The number of hydrogen-bond donors (Lipinski definition) is 1. The molecule has 0 saturated carbocycles. The van der Waals surface area contributed by atoms with Crippen LogP contribution in [-0.2, 0) is 15.1 Å². The van der Waals surface area contributed by atoms with Gasteiger partial charge in [-0.25, -0.2) is 4.39 Å². The molecule has 142 valence electrons. The summed E-state index contributed by atoms with van der Waals surface area (Å²) < 4.78 is 29.6. The molecule has 1 heterocycles. The van der Waals surface area contributed by atoms with Crippen LogP contribution >= 0.6 is 0 Å². The molecule has 27 heavy (non-hydrogen) atoms. The summed E-state index contributed by atoms with van der Waals surface area (Å²) in [7, 11) is 1.26. The molecule has 7 heteroatoms. The van der Waals surface area contributed by atoms with E-state index in [1.165, 1.54) is 25.3 Å². The van der Waals surface area contributed by atoms with Gasteiger partial charge < -0.3 is 19.5 Å². The second kappa shape index (κ2) is 7.65. The Morgan fingerprint density at radius 1 is 1.19 bits per heavy atom. The van der Waals surface area contributed by atoms with Gasteiger partial charge in [-0.1, -0.05) is 18.2 Å². The monoisotopic (exact) mass is 373 g/mol. The summed E-state index contributed by atoms with van der Waals surface area (Å²) >= 11 is 0. The first-order valence-electron chi connectivity index (χ1n) is 8.47. The summed E-state index contributed by atoms with van der Waals surface area (Å²) in [5.41, 5.74) is -0.451. The van der Waals surface area contributed by atoms with Crippen molar-refractivity contribution in [1.29, 1.82) is 0 Å². The minimum atomic E-state index is -1.18. The summed E-state index contributed by atoms with van der Waals surface area (Å²) in [4.78, 5) is 24.9. The van der Waals surface area contributed by atoms with Gasteiger partial charge in [-0.3, -0.25) is 9.59 Å². The zero-order chi connectivity index (χ0) is 19.4. The van der Waals surface area contributed by atoms with Crippen molar-refractivity contribution in [2.75, 3.05) is 20.3 Å². The maximum atomic E-state index is 13.7. The number of nitrogens with one attached hydrogen (secondary N) is 1. The number of carbonyl (C=O) groups excluding carboxylic acids is 2. The van der Waals surface area contributed by atoms with E-state index in [0.29, 0.717) is 30.3 Å². The Labute approximate surface area is 156 Å². The van der Waals surface area contributed by atoms with Crippen LogP contribution in [0, 0.1) is 5.82 Å². The largest absolute Gasteiger partial charge is 0.486 e. The molecule has 1 N–H and O–H groups in total. The fourth-order valence-corrected chi connectivity index (χ4v) is 2.98. The molecule has 0 spiro atoms. The lowest BCUT2D eigenvalue weighted by molar-refractivity contribution is -0.142. The van der Waals surface area contributed by atoms with Gasteiger partial charge in [0, 0.05) is 0 Å². The van der Waals surface area contributed by atoms with Crippen molar-refractivity contribution >= 4 is 11.9 Å². The van der Waals surface area contributed by atoms with Crippen LogP contribution in [0.5, 0.6) is 11.5 Å². The smallest absolute Gasteiger partial charge is 0.308 e. The molecule has 0 aliphatic carbocycles. The van der Waals surface area contributed by atoms with Gasteiger partial charge in [0.2, 0.25) is 0 Å². The van der Waals surface area contributed by atoms with E-state index in [2.05, 4.69) is 5.32 Å². The number of ether oxygens (including phenoxy) is 3. The highest BCUT2D eigenvalue weighted by Gasteiger charge is 2.34. The molecule has 0 aromatic heterocycles. The maximum absolute atomic E-state index is 13.7. The van der Waals surface area contributed by atoms with E-state index >= 15 is 0 Å². The summed E-state index contributed by atoms with van der Waals surface area (Å²) in [6, 6.07) is 10.7. The number of amides is 1. The number of fused-ring (bicyclic) bond motifs is 1. The SMILES string of the molecule is COC(=O)C[C@](C)(NC(=O)c1cccc2c1OCCO2)c1cccc(F)c1. The van der Waals surface area contributed by atoms with Gasteiger partial charge in [-0.05, 0) is 36.8 Å². The fourth-order valence-electron chi connectivity index (χ4n) is 2.98. The molecule has 6 nitrogen and oxygen atoms in total. The lowest BCUT2D eigenvalue weighted by Gasteiger charge is -2.31. The predicted molar refractivity (Wildman–Crippen MR) is 95.3 cm³/mol. The molecule has 1 atom stereocenters. The molecule has 2 aromatic carbocycles. The van der Waals surface area contributed by atoms with Gasteiger partial charge in [0.05, 0.1) is 24.6 Å². The van der Waals surface area contributed by atoms with Crippen molar-refractivity contribution in [2.24, 2.45) is 0 Å². The minimum Gasteiger partial charge on any atom is -0.486 e. The predicted octanol–water partition coefficient (Wildman–Crippen LogP) is 2.81. The highest BCUT2D eigenvalue weighted by Crippen LogP contribution is 2.34. The molecule has 0 fully saturated rings. The van der Waals surface area contributed by atoms with E-state index in [9.17, 15) is 14.0 Å². The molecular weight excluding hydrogens is 353 g/mol. The number of halogens is 1. The topological polar surface area (TPSA) is 73.9 Å². The zero-order valence-corrected chi connectivity index (χ0v) is 15.1. The van der Waals surface area contributed by atoms with Gasteiger partial charge in [-0.15, -0.1) is 0 Å². The summed E-state index contributed by atoms with van der Waals surface area (Å²) in [6.45, 7) is 2.38. The van der Waals surface area contributed by atoms with E-state index in [1.807, 2.05) is 0 Å². The van der Waals surface area contributed by atoms with E-state index in [1.54, 1.807) is 31.2 Å². The number of carbonyl (C=O) groups is 2. The zero-order valence-electron chi connectivity index (χ0n) is 15.1. The molecule has 1 amide bonds. The van der Waals surface area contributed by atoms with Gasteiger partial charge in [0.1, 0.15) is 19.0 Å². The Bertz CT molecular complexity index is 869. The van der Waals surface area contributed by atoms with Crippen molar-refractivity contribution in [3.63, 3.8) is 0 Å². The first-order valence-corrected chi connectivity index (χ1v) is 8.47. The third-order valence-electron chi connectivity index (χ3n) is 4.39. The number of methoxy groups -OCH3 is 1. The van der Waals surface area contributed by atoms with Crippen LogP contribution in [0.15, 0.2) is 42.5 Å². The summed E-state index contributed by atoms with van der Waals surface area (Å²) in [5.74, 6) is -0.633. The molecule has 0 unspecified atom stereocenters. The van der Waals surface area contributed by atoms with Crippen molar-refractivity contribution in [1.82, 2.24) is 5.32 Å². The number of hydrogen-bond acceptors (Lipinski definition) is 5. The van der Waals surface area contributed by atoms with Crippen molar-refractivity contribution in [3.8, 4) is 11.5 Å². The fraction of sp³-hybridized carbons (Fsp3) is 0.300. The van der Waals surface area contributed by atoms with Crippen LogP contribution in [0.2, 0.25) is 0 Å². The standard InChI is InChI=1S/C20H20FNO5/c1-20(12-17(23)25-2,13-5-3-6-14(21)11-13)22-19(24)15-7-4-8-16-18(15)27-10-9-26-16/h3-8,11H,9-10,12H2,1-2H3,(H,22,24)/t20-/m0/s1. The first-order chi connectivity index (χ1) is 12.9. The van der Waals surface area contributed by atoms with Crippen LogP contribution in [-0.4, -0.2) is 32.2 Å². The van der Waals surface area contributed by atoms with Crippen LogP contribution in [0.1, 0.15) is 29.3 Å². The van der Waals surface area contributed by atoms with Crippen molar-refractivity contribution in [3.05, 3.63) is 59.4 Å². The van der Waals surface area contributed by atoms with Gasteiger partial charge in [0.15, 0.2) is 11.5 Å². The van der Waals surface area contributed by atoms with Gasteiger partial charge in [0.25, 0.3) is 5.91 Å². The van der Waals surface area contributed by atoms with E-state index in [0.717, 1.165) is 0 Å². The second-order valence-electron chi connectivity index (χ2n) is 6.38. The highest BCUT2D eigenvalue weighted by molar-refractivity contribution is 5.98. The molecule has 0 saturated heterocycles. The minimum absolute atomic E-state index is 0.162. The number of esters is 1. The number of para-hydroxylation sites is 1. The lowest BCUT2D eigenvalue weighted by atomic mass is 9.88. The molecule has 0 radical (unpaired) electrons. The van der Waals surface area contributed by atoms with Crippen LogP contribution in [0.25, 0.3) is 0 Å². The molecule has 2 aromatic rings. The normalized spacial score (nSPS) is 14.8. The molecule has 1 aliphatic rings. The average molecular weight is 373 g/mol. The van der Waals surface area contributed by atoms with Gasteiger partial charge in [-0.2, -0.15) is 0 Å². The number of benzene rings is 2. The Balaban J connectivity index is 1.95. The second-order valence-corrected chi connectivity index (χ2v) is 6.38. The van der Waals surface area contributed by atoms with E-state index in [4.69, 9.17) is 14.2 Å². The molecule has 1 aliphatic heterocycles. The van der Waals surface area contributed by atoms with Crippen LogP contribution in [0.3, 0.4) is 0 Å². The molecular formula is C20H20FNO5. The quantitative estimate of drug-likeness (QED) is 0.816. The number of rotatable bonds is 5. The maximum Gasteiger partial charge on any atom is 0.308 e. The molecule has 3 rings (SSSR count). The Morgan fingerprint density at radius 2 is 1.93 bits per heavy atom. The third kappa shape index (κ3) is 4.02.